The number of halogens is 7. The Morgan fingerprint density at radius 2 is 1.67 bits per heavy atom. The third-order valence-electron chi connectivity index (χ3n) is 5.36. The van der Waals surface area contributed by atoms with E-state index in [2.05, 4.69) is 10.4 Å². The zero-order valence-electron chi connectivity index (χ0n) is 18.2. The molecular formula is C23H16F7N3O2S. The van der Waals surface area contributed by atoms with Crippen LogP contribution in [-0.4, -0.2) is 37.8 Å². The molecule has 0 amide bonds. The summed E-state index contributed by atoms with van der Waals surface area (Å²) < 4.78 is 119. The molecule has 1 N–H and O–H groups in total. The van der Waals surface area contributed by atoms with Crippen molar-refractivity contribution in [2.45, 2.75) is 23.2 Å². The van der Waals surface area contributed by atoms with Crippen molar-refractivity contribution >= 4 is 21.2 Å². The van der Waals surface area contributed by atoms with Crippen LogP contribution in [-0.2, 0) is 9.84 Å². The first-order valence-corrected chi connectivity index (χ1v) is 12.0. The number of anilines is 1. The van der Waals surface area contributed by atoms with Gasteiger partial charge in [-0.2, -0.15) is 22.0 Å². The normalized spacial score (nSPS) is 16.8. The molecule has 2 heterocycles. The van der Waals surface area contributed by atoms with Gasteiger partial charge in [0.05, 0.1) is 11.4 Å². The highest BCUT2D eigenvalue weighted by atomic mass is 32.2. The standard InChI is InChI=1S/C23H16F7N3O2S/c1-36(34,35)21-8-5-14(12-31-21)13-3-2-4-16(9-13)33-19(17-7-6-15(24)10-18(17)25)11-20(32-33)22(26,27)23(28,29)30/h2-12,20,32H,1H3. The molecule has 4 rings (SSSR count). The van der Waals surface area contributed by atoms with Crippen molar-refractivity contribution in [2.75, 3.05) is 11.3 Å². The largest absolute Gasteiger partial charge is 0.455 e. The lowest BCUT2D eigenvalue weighted by Gasteiger charge is -2.28. The Labute approximate surface area is 200 Å². The Kier molecular flexibility index (Phi) is 6.33. The SMILES string of the molecule is CS(=O)(=O)c1ccc(-c2cccc(N3NC(C(F)(F)C(F)(F)F)C=C3c3ccc(F)cc3F)c2)cn1. The van der Waals surface area contributed by atoms with E-state index in [1.165, 1.54) is 36.5 Å². The van der Waals surface area contributed by atoms with Crippen LogP contribution in [0.15, 0.2) is 71.9 Å². The van der Waals surface area contributed by atoms with Crippen molar-refractivity contribution in [1.82, 2.24) is 10.4 Å². The zero-order chi connectivity index (χ0) is 26.5. The van der Waals surface area contributed by atoms with Gasteiger partial charge in [0.2, 0.25) is 0 Å². The second-order valence-corrected chi connectivity index (χ2v) is 9.91. The molecule has 0 radical (unpaired) electrons. The minimum atomic E-state index is -5.90. The van der Waals surface area contributed by atoms with Gasteiger partial charge in [-0.25, -0.2) is 27.6 Å². The van der Waals surface area contributed by atoms with E-state index in [0.717, 1.165) is 23.4 Å². The first kappa shape index (κ1) is 25.6. The van der Waals surface area contributed by atoms with Crippen molar-refractivity contribution in [2.24, 2.45) is 0 Å². The molecule has 0 fully saturated rings. The van der Waals surface area contributed by atoms with Crippen LogP contribution < -0.4 is 10.4 Å². The zero-order valence-corrected chi connectivity index (χ0v) is 19.0. The maximum Gasteiger partial charge on any atom is 0.455 e. The van der Waals surface area contributed by atoms with Crippen LogP contribution in [0.5, 0.6) is 0 Å². The van der Waals surface area contributed by atoms with Gasteiger partial charge in [0.1, 0.15) is 17.7 Å². The Morgan fingerprint density at radius 1 is 0.944 bits per heavy atom. The summed E-state index contributed by atoms with van der Waals surface area (Å²) in [6.45, 7) is 0. The van der Waals surface area contributed by atoms with Crippen molar-refractivity contribution < 1.29 is 39.2 Å². The molecule has 13 heteroatoms. The van der Waals surface area contributed by atoms with E-state index in [9.17, 15) is 39.2 Å². The Hall–Kier alpha value is -3.45. The summed E-state index contributed by atoms with van der Waals surface area (Å²) in [4.78, 5) is 3.87. The molecule has 5 nitrogen and oxygen atoms in total. The number of benzene rings is 2. The topological polar surface area (TPSA) is 62.3 Å². The highest BCUT2D eigenvalue weighted by molar-refractivity contribution is 7.90. The number of nitrogens with one attached hydrogen (secondary N) is 1. The van der Waals surface area contributed by atoms with Gasteiger partial charge in [-0.1, -0.05) is 12.1 Å². The lowest BCUT2D eigenvalue weighted by atomic mass is 10.1. The molecule has 3 aromatic rings. The monoisotopic (exact) mass is 531 g/mol. The van der Waals surface area contributed by atoms with Crippen LogP contribution in [0.1, 0.15) is 5.56 Å². The first-order chi connectivity index (χ1) is 16.7. The number of sulfone groups is 1. The molecule has 0 spiro atoms. The highest BCUT2D eigenvalue weighted by Gasteiger charge is 2.63. The smallest absolute Gasteiger partial charge is 0.276 e. The quantitative estimate of drug-likeness (QED) is 0.449. The summed E-state index contributed by atoms with van der Waals surface area (Å²) in [6.07, 6.45) is -3.15. The molecule has 190 valence electrons. The lowest BCUT2D eigenvalue weighted by molar-refractivity contribution is -0.287. The maximum absolute atomic E-state index is 14.5. The molecule has 0 bridgehead atoms. The Morgan fingerprint density at radius 3 is 2.25 bits per heavy atom. The van der Waals surface area contributed by atoms with Crippen LogP contribution in [0, 0.1) is 11.6 Å². The number of hydrogen-bond acceptors (Lipinski definition) is 5. The van der Waals surface area contributed by atoms with Gasteiger partial charge >= 0.3 is 12.1 Å². The number of hydrazine groups is 1. The minimum Gasteiger partial charge on any atom is -0.276 e. The summed E-state index contributed by atoms with van der Waals surface area (Å²) in [5.41, 5.74) is 2.15. The van der Waals surface area contributed by atoms with Crippen molar-refractivity contribution in [3.63, 3.8) is 0 Å². The predicted molar refractivity (Wildman–Crippen MR) is 118 cm³/mol. The van der Waals surface area contributed by atoms with Crippen molar-refractivity contribution in [1.29, 1.82) is 0 Å². The molecule has 0 aliphatic carbocycles. The van der Waals surface area contributed by atoms with Gasteiger partial charge in [-0.3, -0.25) is 5.01 Å². The molecule has 1 unspecified atom stereocenters. The molecule has 1 atom stereocenters. The predicted octanol–water partition coefficient (Wildman–Crippen LogP) is 5.36. The summed E-state index contributed by atoms with van der Waals surface area (Å²) >= 11 is 0. The molecule has 36 heavy (non-hydrogen) atoms. The average Bonchev–Trinajstić information content (AvgIpc) is 3.24. The van der Waals surface area contributed by atoms with Gasteiger partial charge in [0.25, 0.3) is 0 Å². The van der Waals surface area contributed by atoms with Gasteiger partial charge in [0.15, 0.2) is 14.9 Å². The second kappa shape index (κ2) is 8.89. The van der Waals surface area contributed by atoms with E-state index in [1.54, 1.807) is 6.07 Å². The van der Waals surface area contributed by atoms with E-state index in [1.807, 2.05) is 0 Å². The Bertz CT molecular complexity index is 1440. The highest BCUT2D eigenvalue weighted by Crippen LogP contribution is 2.43. The molecule has 0 saturated carbocycles. The van der Waals surface area contributed by atoms with Gasteiger partial charge in [-0.15, -0.1) is 0 Å². The average molecular weight is 531 g/mol. The van der Waals surface area contributed by atoms with Gasteiger partial charge < -0.3 is 0 Å². The first-order valence-electron chi connectivity index (χ1n) is 10.1. The van der Waals surface area contributed by atoms with E-state index < -0.39 is 45.2 Å². The van der Waals surface area contributed by atoms with Crippen molar-refractivity contribution in [3.05, 3.63) is 84.1 Å². The van der Waals surface area contributed by atoms with Crippen LogP contribution in [0.2, 0.25) is 0 Å². The second-order valence-electron chi connectivity index (χ2n) is 7.95. The fraction of sp³-hybridized carbons (Fsp3) is 0.174. The number of pyridine rings is 1. The van der Waals surface area contributed by atoms with E-state index in [4.69, 9.17) is 0 Å². The van der Waals surface area contributed by atoms with Crippen LogP contribution in [0.4, 0.5) is 36.4 Å². The third-order valence-corrected chi connectivity index (χ3v) is 6.36. The third kappa shape index (κ3) is 4.80. The lowest BCUT2D eigenvalue weighted by Crippen LogP contribution is -2.54. The van der Waals surface area contributed by atoms with E-state index in [-0.39, 0.29) is 16.4 Å². The van der Waals surface area contributed by atoms with E-state index >= 15 is 0 Å². The number of nitrogens with zero attached hydrogens (tertiary/aromatic N) is 2. The minimum absolute atomic E-state index is 0.0511. The fourth-order valence-corrected chi connectivity index (χ4v) is 4.12. The molecule has 0 saturated heterocycles. The molecular weight excluding hydrogens is 515 g/mol. The number of rotatable bonds is 5. The molecule has 1 aliphatic rings. The fourth-order valence-electron chi connectivity index (χ4n) is 3.56. The van der Waals surface area contributed by atoms with Gasteiger partial charge in [-0.05, 0) is 48.0 Å². The van der Waals surface area contributed by atoms with Gasteiger partial charge in [0, 0.05) is 29.6 Å². The number of alkyl halides is 5. The van der Waals surface area contributed by atoms with Crippen LogP contribution in [0.3, 0.4) is 0 Å². The summed E-state index contributed by atoms with van der Waals surface area (Å²) in [7, 11) is -3.56. The molecule has 1 aromatic heterocycles. The number of hydrogen-bond donors (Lipinski definition) is 1. The van der Waals surface area contributed by atoms with Crippen molar-refractivity contribution in [3.8, 4) is 11.1 Å². The molecule has 2 aromatic carbocycles. The Balaban J connectivity index is 1.78. The summed E-state index contributed by atoms with van der Waals surface area (Å²) in [6, 6.07) is 8.17. The summed E-state index contributed by atoms with van der Waals surface area (Å²) in [5.74, 6) is -7.34. The maximum atomic E-state index is 14.5. The van der Waals surface area contributed by atoms with Crippen LogP contribution >= 0.6 is 0 Å². The summed E-state index contributed by atoms with van der Waals surface area (Å²) in [5, 5.41) is 0.667. The van der Waals surface area contributed by atoms with E-state index in [0.29, 0.717) is 23.3 Å². The molecule has 1 aliphatic heterocycles. The van der Waals surface area contributed by atoms with Crippen LogP contribution in [0.25, 0.3) is 16.8 Å². The number of aromatic nitrogens is 1.